The summed E-state index contributed by atoms with van der Waals surface area (Å²) in [5.74, 6) is -2.71. The molecule has 2 aliphatic rings. The van der Waals surface area contributed by atoms with E-state index >= 15 is 0 Å². The minimum atomic E-state index is -3.18. The van der Waals surface area contributed by atoms with E-state index in [0.29, 0.717) is 17.7 Å². The van der Waals surface area contributed by atoms with Crippen LogP contribution in [0.3, 0.4) is 0 Å². The SMILES string of the molecule is C[C@@H](CN1C(=O)C2(CCCC2)C1(F)F)C(=O)O. The molecule has 17 heavy (non-hydrogen) atoms. The molecule has 1 heterocycles. The maximum absolute atomic E-state index is 13.9. The van der Waals surface area contributed by atoms with Gasteiger partial charge in [-0.1, -0.05) is 19.8 Å². The Morgan fingerprint density at radius 3 is 2.41 bits per heavy atom. The van der Waals surface area contributed by atoms with Crippen molar-refractivity contribution in [3.05, 3.63) is 0 Å². The first-order valence-corrected chi connectivity index (χ1v) is 5.75. The van der Waals surface area contributed by atoms with Crippen molar-refractivity contribution in [1.29, 1.82) is 0 Å². The average Bonchev–Trinajstić information content (AvgIpc) is 2.75. The molecule has 0 aromatic rings. The number of alkyl halides is 2. The topological polar surface area (TPSA) is 57.6 Å². The summed E-state index contributed by atoms with van der Waals surface area (Å²) in [7, 11) is 0. The lowest BCUT2D eigenvalue weighted by atomic mass is 9.73. The quantitative estimate of drug-likeness (QED) is 0.610. The van der Waals surface area contributed by atoms with Gasteiger partial charge in [-0.25, -0.2) is 0 Å². The Balaban J connectivity index is 2.12. The molecule has 0 radical (unpaired) electrons. The van der Waals surface area contributed by atoms with Crippen LogP contribution in [0.15, 0.2) is 0 Å². The number of carbonyl (C=O) groups is 2. The highest BCUT2D eigenvalue weighted by Crippen LogP contribution is 2.59. The number of aliphatic carboxylic acids is 1. The molecule has 0 unspecified atom stereocenters. The first-order valence-electron chi connectivity index (χ1n) is 5.75. The van der Waals surface area contributed by atoms with Crippen LogP contribution in [0, 0.1) is 11.3 Å². The number of nitrogens with zero attached hydrogens (tertiary/aromatic N) is 1. The first-order chi connectivity index (χ1) is 7.83. The highest BCUT2D eigenvalue weighted by Gasteiger charge is 2.74. The summed E-state index contributed by atoms with van der Waals surface area (Å²) in [5, 5.41) is 8.68. The molecule has 96 valence electrons. The van der Waals surface area contributed by atoms with Gasteiger partial charge in [0.2, 0.25) is 5.91 Å². The second kappa shape index (κ2) is 3.65. The molecule has 1 amide bonds. The lowest BCUT2D eigenvalue weighted by Gasteiger charge is -2.54. The van der Waals surface area contributed by atoms with Crippen LogP contribution in [-0.2, 0) is 9.59 Å². The van der Waals surface area contributed by atoms with Crippen molar-refractivity contribution in [3.8, 4) is 0 Å². The van der Waals surface area contributed by atoms with Crippen molar-refractivity contribution in [2.45, 2.75) is 38.7 Å². The summed E-state index contributed by atoms with van der Waals surface area (Å²) in [5.41, 5.74) is -1.52. The zero-order valence-corrected chi connectivity index (χ0v) is 9.58. The normalized spacial score (nSPS) is 27.0. The fourth-order valence-electron chi connectivity index (χ4n) is 2.76. The third-order valence-corrected chi connectivity index (χ3v) is 3.90. The Morgan fingerprint density at radius 2 is 2.00 bits per heavy atom. The Kier molecular flexibility index (Phi) is 2.63. The predicted octanol–water partition coefficient (Wildman–Crippen LogP) is 1.70. The van der Waals surface area contributed by atoms with E-state index < -0.39 is 35.8 Å². The number of amides is 1. The number of hydrogen-bond acceptors (Lipinski definition) is 2. The van der Waals surface area contributed by atoms with Gasteiger partial charge < -0.3 is 5.11 Å². The van der Waals surface area contributed by atoms with E-state index in [1.54, 1.807) is 0 Å². The summed E-state index contributed by atoms with van der Waals surface area (Å²) in [6, 6.07) is -3.18. The van der Waals surface area contributed by atoms with Crippen LogP contribution in [0.5, 0.6) is 0 Å². The fourth-order valence-corrected chi connectivity index (χ4v) is 2.76. The number of halogens is 2. The summed E-state index contributed by atoms with van der Waals surface area (Å²) < 4.78 is 27.9. The number of likely N-dealkylation sites (tertiary alicyclic amines) is 1. The zero-order chi connectivity index (χ0) is 12.8. The van der Waals surface area contributed by atoms with Crippen LogP contribution in [0.25, 0.3) is 0 Å². The summed E-state index contributed by atoms with van der Waals surface area (Å²) in [4.78, 5) is 22.9. The van der Waals surface area contributed by atoms with Gasteiger partial charge >= 0.3 is 12.0 Å². The summed E-state index contributed by atoms with van der Waals surface area (Å²) >= 11 is 0. The highest BCUT2D eigenvalue weighted by molar-refractivity contribution is 5.91. The van der Waals surface area contributed by atoms with Crippen LogP contribution in [0.4, 0.5) is 8.78 Å². The van der Waals surface area contributed by atoms with Gasteiger partial charge in [-0.05, 0) is 12.8 Å². The van der Waals surface area contributed by atoms with Crippen molar-refractivity contribution >= 4 is 11.9 Å². The third-order valence-electron chi connectivity index (χ3n) is 3.90. The third kappa shape index (κ3) is 1.46. The molecule has 4 nitrogen and oxygen atoms in total. The Hall–Kier alpha value is -1.20. The van der Waals surface area contributed by atoms with Gasteiger partial charge in [0.05, 0.1) is 5.92 Å². The number of β-lactam (4-membered cyclic amide) rings is 1. The molecule has 1 aliphatic carbocycles. The van der Waals surface area contributed by atoms with E-state index in [2.05, 4.69) is 0 Å². The molecule has 1 saturated carbocycles. The Labute approximate surface area is 97.6 Å². The van der Waals surface area contributed by atoms with E-state index in [1.807, 2.05) is 0 Å². The van der Waals surface area contributed by atoms with Gasteiger partial charge in [0.25, 0.3) is 0 Å². The second-order valence-electron chi connectivity index (χ2n) is 4.99. The molecule has 1 aliphatic heterocycles. The van der Waals surface area contributed by atoms with Crippen molar-refractivity contribution in [2.24, 2.45) is 11.3 Å². The maximum Gasteiger partial charge on any atom is 0.342 e. The van der Waals surface area contributed by atoms with Crippen LogP contribution >= 0.6 is 0 Å². The Morgan fingerprint density at radius 1 is 1.47 bits per heavy atom. The maximum atomic E-state index is 13.9. The van der Waals surface area contributed by atoms with Crippen molar-refractivity contribution in [1.82, 2.24) is 4.90 Å². The molecule has 0 aromatic carbocycles. The van der Waals surface area contributed by atoms with Gasteiger partial charge in [-0.2, -0.15) is 8.78 Å². The number of carboxylic acid groups (broad SMARTS) is 1. The van der Waals surface area contributed by atoms with Gasteiger partial charge in [-0.3, -0.25) is 14.5 Å². The smallest absolute Gasteiger partial charge is 0.342 e. The lowest BCUT2D eigenvalue weighted by molar-refractivity contribution is -0.285. The molecule has 2 fully saturated rings. The monoisotopic (exact) mass is 247 g/mol. The second-order valence-corrected chi connectivity index (χ2v) is 4.99. The number of hydrogen-bond donors (Lipinski definition) is 1. The number of carboxylic acids is 1. The molecular formula is C11H15F2NO3. The van der Waals surface area contributed by atoms with Crippen molar-refractivity contribution in [3.63, 3.8) is 0 Å². The van der Waals surface area contributed by atoms with Crippen molar-refractivity contribution in [2.75, 3.05) is 6.54 Å². The van der Waals surface area contributed by atoms with E-state index in [-0.39, 0.29) is 12.8 Å². The van der Waals surface area contributed by atoms with Crippen LogP contribution in [0.1, 0.15) is 32.6 Å². The largest absolute Gasteiger partial charge is 0.481 e. The molecule has 6 heteroatoms. The summed E-state index contributed by atoms with van der Waals surface area (Å²) in [6.45, 7) is 0.911. The molecule has 1 N–H and O–H groups in total. The highest BCUT2D eigenvalue weighted by atomic mass is 19.3. The fraction of sp³-hybridized carbons (Fsp3) is 0.818. The first kappa shape index (κ1) is 12.3. The van der Waals surface area contributed by atoms with Crippen LogP contribution < -0.4 is 0 Å². The van der Waals surface area contributed by atoms with Crippen molar-refractivity contribution < 1.29 is 23.5 Å². The standard InChI is InChI=1S/C11H15F2NO3/c1-7(8(15)16)6-14-9(17)10(11(14,12)13)4-2-3-5-10/h7H,2-6H2,1H3,(H,15,16)/t7-/m0/s1. The van der Waals surface area contributed by atoms with E-state index in [0.717, 1.165) is 0 Å². The van der Waals surface area contributed by atoms with Crippen LogP contribution in [0.2, 0.25) is 0 Å². The summed E-state index contributed by atoms with van der Waals surface area (Å²) in [6.07, 6.45) is 1.72. The molecular weight excluding hydrogens is 232 g/mol. The molecule has 0 bridgehead atoms. The minimum absolute atomic E-state index is 0.219. The zero-order valence-electron chi connectivity index (χ0n) is 9.58. The lowest BCUT2D eigenvalue weighted by Crippen LogP contribution is -2.73. The van der Waals surface area contributed by atoms with E-state index in [9.17, 15) is 18.4 Å². The van der Waals surface area contributed by atoms with Crippen LogP contribution in [-0.4, -0.2) is 34.5 Å². The minimum Gasteiger partial charge on any atom is -0.481 e. The van der Waals surface area contributed by atoms with Gasteiger partial charge in [0.1, 0.15) is 5.41 Å². The van der Waals surface area contributed by atoms with Gasteiger partial charge in [-0.15, -0.1) is 0 Å². The number of carbonyl (C=O) groups excluding carboxylic acids is 1. The average molecular weight is 247 g/mol. The predicted molar refractivity (Wildman–Crippen MR) is 54.4 cm³/mol. The van der Waals surface area contributed by atoms with E-state index in [4.69, 9.17) is 5.11 Å². The molecule has 1 spiro atoms. The van der Waals surface area contributed by atoms with Gasteiger partial charge in [0.15, 0.2) is 0 Å². The number of rotatable bonds is 3. The molecule has 1 atom stereocenters. The molecule has 2 rings (SSSR count). The molecule has 0 aromatic heterocycles. The van der Waals surface area contributed by atoms with E-state index in [1.165, 1.54) is 6.92 Å². The van der Waals surface area contributed by atoms with Gasteiger partial charge in [0, 0.05) is 6.54 Å². The Bertz CT molecular complexity index is 364. The molecule has 1 saturated heterocycles.